The van der Waals surface area contributed by atoms with Crippen LogP contribution >= 0.6 is 0 Å². The van der Waals surface area contributed by atoms with Gasteiger partial charge < -0.3 is 10.6 Å². The van der Waals surface area contributed by atoms with Gasteiger partial charge in [0.25, 0.3) is 0 Å². The first-order valence-electron chi connectivity index (χ1n) is 4.39. The van der Waals surface area contributed by atoms with Crippen LogP contribution in [0.3, 0.4) is 0 Å². The molecule has 68 valence electrons. The zero-order valence-electron chi connectivity index (χ0n) is 7.70. The van der Waals surface area contributed by atoms with E-state index in [9.17, 15) is 0 Å². The molecule has 0 saturated heterocycles. The zero-order valence-corrected chi connectivity index (χ0v) is 7.70. The lowest BCUT2D eigenvalue weighted by molar-refractivity contribution is 0.959. The SMILES string of the molecule is Cc1cc(N)cnc1N1CC=CC1. The molecular formula is C10H13N3. The minimum absolute atomic E-state index is 0.730. The molecule has 0 bridgehead atoms. The fourth-order valence-corrected chi connectivity index (χ4v) is 1.57. The second kappa shape index (κ2) is 3.09. The van der Waals surface area contributed by atoms with Gasteiger partial charge in [-0.1, -0.05) is 12.2 Å². The second-order valence-corrected chi connectivity index (χ2v) is 3.29. The van der Waals surface area contributed by atoms with Crippen molar-refractivity contribution in [3.8, 4) is 0 Å². The molecule has 0 unspecified atom stereocenters. The number of hydrogen-bond donors (Lipinski definition) is 1. The number of rotatable bonds is 1. The van der Waals surface area contributed by atoms with Gasteiger partial charge in [0.15, 0.2) is 0 Å². The van der Waals surface area contributed by atoms with Crippen LogP contribution in [0.5, 0.6) is 0 Å². The van der Waals surface area contributed by atoms with Crippen molar-refractivity contribution in [3.05, 3.63) is 30.0 Å². The van der Waals surface area contributed by atoms with Gasteiger partial charge in [-0.15, -0.1) is 0 Å². The summed E-state index contributed by atoms with van der Waals surface area (Å²) in [6, 6.07) is 1.96. The number of anilines is 2. The largest absolute Gasteiger partial charge is 0.397 e. The van der Waals surface area contributed by atoms with Gasteiger partial charge in [-0.3, -0.25) is 0 Å². The van der Waals surface area contributed by atoms with Crippen LogP contribution < -0.4 is 10.6 Å². The average molecular weight is 175 g/mol. The minimum Gasteiger partial charge on any atom is -0.397 e. The van der Waals surface area contributed by atoms with E-state index in [2.05, 4.69) is 22.0 Å². The summed E-state index contributed by atoms with van der Waals surface area (Å²) in [6.45, 7) is 3.95. The third kappa shape index (κ3) is 1.49. The summed E-state index contributed by atoms with van der Waals surface area (Å²) < 4.78 is 0. The van der Waals surface area contributed by atoms with Crippen LogP contribution in [0.25, 0.3) is 0 Å². The lowest BCUT2D eigenvalue weighted by Gasteiger charge is -2.18. The Morgan fingerprint density at radius 1 is 1.38 bits per heavy atom. The van der Waals surface area contributed by atoms with Crippen molar-refractivity contribution in [2.75, 3.05) is 23.7 Å². The first-order chi connectivity index (χ1) is 6.27. The molecule has 0 atom stereocenters. The van der Waals surface area contributed by atoms with Gasteiger partial charge in [0.2, 0.25) is 0 Å². The van der Waals surface area contributed by atoms with Crippen LogP contribution in [0, 0.1) is 6.92 Å². The Balaban J connectivity index is 2.30. The molecule has 1 aromatic heterocycles. The summed E-state index contributed by atoms with van der Waals surface area (Å²) in [5.41, 5.74) is 7.50. The van der Waals surface area contributed by atoms with Gasteiger partial charge in [0.05, 0.1) is 11.9 Å². The Morgan fingerprint density at radius 3 is 2.69 bits per heavy atom. The Bertz CT molecular complexity index is 336. The summed E-state index contributed by atoms with van der Waals surface area (Å²) in [7, 11) is 0. The molecule has 0 aliphatic carbocycles. The van der Waals surface area contributed by atoms with E-state index in [0.717, 1.165) is 30.2 Å². The molecule has 2 rings (SSSR count). The number of nitrogens with two attached hydrogens (primary N) is 1. The predicted octanol–water partition coefficient (Wildman–Crippen LogP) is 1.35. The lowest BCUT2D eigenvalue weighted by atomic mass is 10.2. The molecule has 0 spiro atoms. The molecule has 2 N–H and O–H groups in total. The third-order valence-electron chi connectivity index (χ3n) is 2.19. The van der Waals surface area contributed by atoms with E-state index in [-0.39, 0.29) is 0 Å². The average Bonchev–Trinajstić information content (AvgIpc) is 2.56. The Labute approximate surface area is 77.9 Å². The number of hydrogen-bond acceptors (Lipinski definition) is 3. The maximum atomic E-state index is 5.63. The molecule has 0 aromatic carbocycles. The third-order valence-corrected chi connectivity index (χ3v) is 2.19. The van der Waals surface area contributed by atoms with E-state index in [0.29, 0.717) is 0 Å². The summed E-state index contributed by atoms with van der Waals surface area (Å²) in [5.74, 6) is 1.04. The molecule has 1 aliphatic heterocycles. The molecule has 0 saturated carbocycles. The summed E-state index contributed by atoms with van der Waals surface area (Å²) in [5, 5.41) is 0. The predicted molar refractivity (Wildman–Crippen MR) is 54.7 cm³/mol. The Kier molecular flexibility index (Phi) is 1.93. The highest BCUT2D eigenvalue weighted by Crippen LogP contribution is 2.20. The fourth-order valence-electron chi connectivity index (χ4n) is 1.57. The second-order valence-electron chi connectivity index (χ2n) is 3.29. The molecule has 1 aromatic rings. The Hall–Kier alpha value is -1.51. The van der Waals surface area contributed by atoms with Crippen LogP contribution in [0.15, 0.2) is 24.4 Å². The van der Waals surface area contributed by atoms with E-state index in [4.69, 9.17) is 5.73 Å². The molecule has 13 heavy (non-hydrogen) atoms. The van der Waals surface area contributed by atoms with Crippen LogP contribution in [-0.4, -0.2) is 18.1 Å². The molecule has 1 aliphatic rings. The number of aromatic nitrogens is 1. The molecule has 0 fully saturated rings. The summed E-state index contributed by atoms with van der Waals surface area (Å²) in [6.07, 6.45) is 6.01. The smallest absolute Gasteiger partial charge is 0.132 e. The maximum Gasteiger partial charge on any atom is 0.132 e. The molecule has 2 heterocycles. The molecule has 0 amide bonds. The van der Waals surface area contributed by atoms with E-state index in [1.54, 1.807) is 6.20 Å². The standard InChI is InChI=1S/C10H13N3/c1-8-6-9(11)7-12-10(8)13-4-2-3-5-13/h2-3,6-7H,4-5,11H2,1H3. The normalized spacial score (nSPS) is 15.3. The first kappa shape index (κ1) is 8.10. The van der Waals surface area contributed by atoms with E-state index in [1.165, 1.54) is 0 Å². The van der Waals surface area contributed by atoms with Gasteiger partial charge in [0.1, 0.15) is 5.82 Å². The maximum absolute atomic E-state index is 5.63. The number of nitrogens with zero attached hydrogens (tertiary/aromatic N) is 2. The quantitative estimate of drug-likeness (QED) is 0.655. The molecular weight excluding hydrogens is 162 g/mol. The van der Waals surface area contributed by atoms with Crippen molar-refractivity contribution in [2.45, 2.75) is 6.92 Å². The van der Waals surface area contributed by atoms with Gasteiger partial charge in [-0.2, -0.15) is 0 Å². The summed E-state index contributed by atoms with van der Waals surface area (Å²) in [4.78, 5) is 6.54. The van der Waals surface area contributed by atoms with Crippen molar-refractivity contribution in [3.63, 3.8) is 0 Å². The van der Waals surface area contributed by atoms with Crippen molar-refractivity contribution in [1.82, 2.24) is 4.98 Å². The fraction of sp³-hybridized carbons (Fsp3) is 0.300. The van der Waals surface area contributed by atoms with Crippen LogP contribution in [0.4, 0.5) is 11.5 Å². The van der Waals surface area contributed by atoms with E-state index >= 15 is 0 Å². The van der Waals surface area contributed by atoms with E-state index in [1.807, 2.05) is 13.0 Å². The van der Waals surface area contributed by atoms with Crippen molar-refractivity contribution in [2.24, 2.45) is 0 Å². The molecule has 0 radical (unpaired) electrons. The van der Waals surface area contributed by atoms with Gasteiger partial charge in [-0.05, 0) is 18.6 Å². The number of pyridine rings is 1. The van der Waals surface area contributed by atoms with Crippen LogP contribution in [0.2, 0.25) is 0 Å². The topological polar surface area (TPSA) is 42.1 Å². The van der Waals surface area contributed by atoms with Crippen molar-refractivity contribution in [1.29, 1.82) is 0 Å². The molecule has 3 heteroatoms. The number of nitrogen functional groups attached to an aromatic ring is 1. The van der Waals surface area contributed by atoms with Crippen LogP contribution in [0.1, 0.15) is 5.56 Å². The van der Waals surface area contributed by atoms with Crippen molar-refractivity contribution >= 4 is 11.5 Å². The number of aryl methyl sites for hydroxylation is 1. The lowest BCUT2D eigenvalue weighted by Crippen LogP contribution is -2.20. The van der Waals surface area contributed by atoms with Gasteiger partial charge >= 0.3 is 0 Å². The highest BCUT2D eigenvalue weighted by Gasteiger charge is 2.11. The first-order valence-corrected chi connectivity index (χ1v) is 4.39. The van der Waals surface area contributed by atoms with Gasteiger partial charge in [0, 0.05) is 13.1 Å². The Morgan fingerprint density at radius 2 is 2.08 bits per heavy atom. The molecule has 3 nitrogen and oxygen atoms in total. The minimum atomic E-state index is 0.730. The zero-order chi connectivity index (χ0) is 9.26. The van der Waals surface area contributed by atoms with Gasteiger partial charge in [-0.25, -0.2) is 4.98 Å². The highest BCUT2D eigenvalue weighted by atomic mass is 15.2. The monoisotopic (exact) mass is 175 g/mol. The van der Waals surface area contributed by atoms with Crippen LogP contribution in [-0.2, 0) is 0 Å². The summed E-state index contributed by atoms with van der Waals surface area (Å²) >= 11 is 0. The van der Waals surface area contributed by atoms with E-state index < -0.39 is 0 Å². The highest BCUT2D eigenvalue weighted by molar-refractivity contribution is 5.54. The van der Waals surface area contributed by atoms with Crippen molar-refractivity contribution < 1.29 is 0 Å².